The van der Waals surface area contributed by atoms with Crippen LogP contribution in [0.5, 0.6) is 0 Å². The summed E-state index contributed by atoms with van der Waals surface area (Å²) >= 11 is 4.68. The van der Waals surface area contributed by atoms with Crippen LogP contribution in [0.25, 0.3) is 0 Å². The third kappa shape index (κ3) is 2.43. The fraction of sp³-hybridized carbons (Fsp3) is 0.286. The summed E-state index contributed by atoms with van der Waals surface area (Å²) in [4.78, 5) is 15.3. The van der Waals surface area contributed by atoms with E-state index < -0.39 is 0 Å². The molecule has 0 saturated heterocycles. The highest BCUT2D eigenvalue weighted by molar-refractivity contribution is 7.80. The van der Waals surface area contributed by atoms with Crippen molar-refractivity contribution >= 4 is 17.2 Å². The summed E-state index contributed by atoms with van der Waals surface area (Å²) in [6.45, 7) is 0.502. The van der Waals surface area contributed by atoms with Gasteiger partial charge in [0, 0.05) is 25.2 Å². The molecule has 2 N–H and O–H groups in total. The van der Waals surface area contributed by atoms with Crippen molar-refractivity contribution in [2.45, 2.75) is 13.0 Å². The molecule has 1 heterocycles. The summed E-state index contributed by atoms with van der Waals surface area (Å²) in [7, 11) is 0. The smallest absolute Gasteiger partial charge is 0.253 e. The van der Waals surface area contributed by atoms with Crippen LogP contribution in [0.15, 0.2) is 23.4 Å². The number of nitrogens with two attached hydrogens (primary N) is 1. The van der Waals surface area contributed by atoms with Gasteiger partial charge in [0.25, 0.3) is 5.56 Å². The van der Waals surface area contributed by atoms with Gasteiger partial charge in [0.05, 0.1) is 11.3 Å². The van der Waals surface area contributed by atoms with Gasteiger partial charge in [-0.05, 0) is 0 Å². The molecule has 0 aliphatic heterocycles. The summed E-state index contributed by atoms with van der Waals surface area (Å²) in [6.07, 6.45) is 3.46. The highest BCUT2D eigenvalue weighted by Gasteiger charge is 1.94. The van der Waals surface area contributed by atoms with E-state index in [1.54, 1.807) is 0 Å². The molecule has 0 aromatic carbocycles. The fourth-order valence-electron chi connectivity index (χ4n) is 0.777. The molecular formula is C7H9N3OS. The quantitative estimate of drug-likeness (QED) is 0.666. The van der Waals surface area contributed by atoms with Gasteiger partial charge in [0.1, 0.15) is 0 Å². The van der Waals surface area contributed by atoms with Crippen LogP contribution in [0.1, 0.15) is 6.42 Å². The zero-order valence-corrected chi connectivity index (χ0v) is 7.25. The minimum atomic E-state index is -0.0822. The molecule has 0 spiro atoms. The zero-order chi connectivity index (χ0) is 8.97. The van der Waals surface area contributed by atoms with Crippen LogP contribution in [0.3, 0.4) is 0 Å². The lowest BCUT2D eigenvalue weighted by Crippen LogP contribution is -2.21. The third-order valence-corrected chi connectivity index (χ3v) is 1.60. The number of nitrogens with zero attached hydrogens (tertiary/aromatic N) is 2. The number of aromatic nitrogens is 2. The lowest BCUT2D eigenvalue weighted by Gasteiger charge is -2.01. The first kappa shape index (κ1) is 8.86. The molecule has 0 amide bonds. The van der Waals surface area contributed by atoms with E-state index in [9.17, 15) is 4.79 Å². The first-order chi connectivity index (χ1) is 5.70. The lowest BCUT2D eigenvalue weighted by molar-refractivity contribution is 0.678. The highest BCUT2D eigenvalue weighted by atomic mass is 32.1. The molecule has 64 valence electrons. The average Bonchev–Trinajstić information content (AvgIpc) is 2.03. The van der Waals surface area contributed by atoms with Crippen molar-refractivity contribution in [3.8, 4) is 0 Å². The molecule has 1 aromatic heterocycles. The molecule has 0 aliphatic rings. The fourth-order valence-corrected chi connectivity index (χ4v) is 0.868. The van der Waals surface area contributed by atoms with E-state index in [0.29, 0.717) is 18.0 Å². The van der Waals surface area contributed by atoms with E-state index in [1.807, 2.05) is 0 Å². The van der Waals surface area contributed by atoms with Crippen LogP contribution in [-0.4, -0.2) is 14.5 Å². The van der Waals surface area contributed by atoms with Gasteiger partial charge in [-0.1, -0.05) is 12.2 Å². The Morgan fingerprint density at radius 3 is 3.08 bits per heavy atom. The summed E-state index contributed by atoms with van der Waals surface area (Å²) < 4.78 is 1.47. The van der Waals surface area contributed by atoms with Crippen molar-refractivity contribution in [2.75, 3.05) is 0 Å². The summed E-state index contributed by atoms with van der Waals surface area (Å²) in [5.74, 6) is 0. The summed E-state index contributed by atoms with van der Waals surface area (Å²) in [6, 6.07) is 1.40. The molecule has 5 heteroatoms. The Kier molecular flexibility index (Phi) is 2.93. The minimum Gasteiger partial charge on any atom is -0.393 e. The van der Waals surface area contributed by atoms with Crippen molar-refractivity contribution in [3.05, 3.63) is 28.9 Å². The molecule has 0 bridgehead atoms. The topological polar surface area (TPSA) is 60.9 Å². The van der Waals surface area contributed by atoms with E-state index in [2.05, 4.69) is 17.2 Å². The molecule has 0 radical (unpaired) electrons. The van der Waals surface area contributed by atoms with Crippen molar-refractivity contribution in [1.82, 2.24) is 9.55 Å². The molecule has 0 aliphatic carbocycles. The van der Waals surface area contributed by atoms with Crippen LogP contribution in [0.2, 0.25) is 0 Å². The van der Waals surface area contributed by atoms with Gasteiger partial charge in [-0.25, -0.2) is 4.98 Å². The molecule has 12 heavy (non-hydrogen) atoms. The maximum Gasteiger partial charge on any atom is 0.253 e. The Morgan fingerprint density at radius 1 is 1.75 bits per heavy atom. The van der Waals surface area contributed by atoms with E-state index in [0.717, 1.165) is 0 Å². The Bertz CT molecular complexity index is 333. The Balaban J connectivity index is 2.70. The van der Waals surface area contributed by atoms with Crippen LogP contribution in [0.4, 0.5) is 0 Å². The van der Waals surface area contributed by atoms with Gasteiger partial charge >= 0.3 is 0 Å². The molecule has 1 aromatic rings. The van der Waals surface area contributed by atoms with Crippen LogP contribution >= 0.6 is 12.2 Å². The molecule has 0 saturated carbocycles. The van der Waals surface area contributed by atoms with Gasteiger partial charge in [0.15, 0.2) is 0 Å². The zero-order valence-electron chi connectivity index (χ0n) is 6.43. The number of thiocarbonyl (C=S) groups is 1. The standard InChI is InChI=1S/C7H9N3OS/c8-6(12)2-4-10-5-9-3-1-7(10)11/h1,3,5H,2,4H2,(H2,8,12). The van der Waals surface area contributed by atoms with E-state index in [-0.39, 0.29) is 5.56 Å². The number of hydrogen-bond donors (Lipinski definition) is 1. The van der Waals surface area contributed by atoms with E-state index in [4.69, 9.17) is 5.73 Å². The normalized spacial score (nSPS) is 9.67. The summed E-state index contributed by atoms with van der Waals surface area (Å²) in [5.41, 5.74) is 5.20. The van der Waals surface area contributed by atoms with Gasteiger partial charge in [-0.15, -0.1) is 0 Å². The molecule has 0 unspecified atom stereocenters. The predicted molar refractivity (Wildman–Crippen MR) is 49.9 cm³/mol. The SMILES string of the molecule is NC(=S)CCn1cnccc1=O. The first-order valence-corrected chi connectivity index (χ1v) is 3.90. The van der Waals surface area contributed by atoms with Gasteiger partial charge in [0.2, 0.25) is 0 Å². The maximum atomic E-state index is 11.1. The van der Waals surface area contributed by atoms with Crippen molar-refractivity contribution in [2.24, 2.45) is 5.73 Å². The number of hydrogen-bond acceptors (Lipinski definition) is 3. The Hall–Kier alpha value is -1.23. The molecule has 0 atom stereocenters. The van der Waals surface area contributed by atoms with Crippen molar-refractivity contribution in [3.63, 3.8) is 0 Å². The molecule has 0 fully saturated rings. The molecular weight excluding hydrogens is 174 g/mol. The molecule has 1 rings (SSSR count). The largest absolute Gasteiger partial charge is 0.393 e. The highest BCUT2D eigenvalue weighted by Crippen LogP contribution is 1.85. The van der Waals surface area contributed by atoms with Crippen molar-refractivity contribution < 1.29 is 0 Å². The van der Waals surface area contributed by atoms with E-state index in [1.165, 1.54) is 23.2 Å². The first-order valence-electron chi connectivity index (χ1n) is 3.49. The summed E-state index contributed by atoms with van der Waals surface area (Å²) in [5, 5.41) is 0. The van der Waals surface area contributed by atoms with Gasteiger partial charge in [-0.3, -0.25) is 9.36 Å². The monoisotopic (exact) mass is 183 g/mol. The Morgan fingerprint density at radius 2 is 2.50 bits per heavy atom. The van der Waals surface area contributed by atoms with Crippen LogP contribution < -0.4 is 11.3 Å². The second-order valence-corrected chi connectivity index (χ2v) is 2.85. The predicted octanol–water partition coefficient (Wildman–Crippen LogP) is -0.0805. The number of aryl methyl sites for hydroxylation is 1. The third-order valence-electron chi connectivity index (χ3n) is 1.39. The number of rotatable bonds is 3. The van der Waals surface area contributed by atoms with Crippen LogP contribution in [0, 0.1) is 0 Å². The van der Waals surface area contributed by atoms with Gasteiger partial charge < -0.3 is 5.73 Å². The second-order valence-electron chi connectivity index (χ2n) is 2.33. The molecule has 4 nitrogen and oxygen atoms in total. The lowest BCUT2D eigenvalue weighted by atomic mass is 10.4. The van der Waals surface area contributed by atoms with Crippen molar-refractivity contribution in [1.29, 1.82) is 0 Å². The van der Waals surface area contributed by atoms with E-state index >= 15 is 0 Å². The minimum absolute atomic E-state index is 0.0822. The Labute approximate surface area is 75.0 Å². The van der Waals surface area contributed by atoms with Crippen LogP contribution in [-0.2, 0) is 6.54 Å². The second kappa shape index (κ2) is 3.96. The van der Waals surface area contributed by atoms with Gasteiger partial charge in [-0.2, -0.15) is 0 Å². The maximum absolute atomic E-state index is 11.1. The average molecular weight is 183 g/mol.